The highest BCUT2D eigenvalue weighted by Crippen LogP contribution is 2.58. The lowest BCUT2D eigenvalue weighted by Crippen LogP contribution is -2.68. The summed E-state index contributed by atoms with van der Waals surface area (Å²) < 4.78 is 16.3. The second-order valence-corrected chi connectivity index (χ2v) is 12.2. The Morgan fingerprint density at radius 2 is 1.38 bits per heavy atom. The first-order chi connectivity index (χ1) is 18.2. The SMILES string of the molecule is CCCCC1CC2C(C(=O)OCC(C)C)=C(O)C(C(=O)OCC(C)C)C(O)(C1C(=O)OCC(C)C)C2C(=O)O. The number of rotatable bonds is 13. The molecule has 0 saturated heterocycles. The van der Waals surface area contributed by atoms with Crippen LogP contribution >= 0.6 is 0 Å². The van der Waals surface area contributed by atoms with Gasteiger partial charge in [-0.1, -0.05) is 61.3 Å². The molecule has 0 aliphatic heterocycles. The zero-order chi connectivity index (χ0) is 29.7. The molecule has 0 aromatic heterocycles. The number of aliphatic carboxylic acids is 1. The van der Waals surface area contributed by atoms with Crippen LogP contribution in [0.2, 0.25) is 0 Å². The third kappa shape index (κ3) is 7.13. The van der Waals surface area contributed by atoms with Gasteiger partial charge in [-0.3, -0.25) is 14.4 Å². The summed E-state index contributed by atoms with van der Waals surface area (Å²) in [7, 11) is 0. The Balaban J connectivity index is 2.80. The number of carbonyl (C=O) groups is 4. The molecular formula is C29H46O10. The van der Waals surface area contributed by atoms with E-state index < -0.39 is 64.8 Å². The van der Waals surface area contributed by atoms with Crippen molar-refractivity contribution in [3.63, 3.8) is 0 Å². The molecule has 0 spiro atoms. The molecule has 222 valence electrons. The summed E-state index contributed by atoms with van der Waals surface area (Å²) in [6.45, 7) is 12.8. The van der Waals surface area contributed by atoms with Crippen LogP contribution in [-0.2, 0) is 33.4 Å². The molecular weight excluding hydrogens is 508 g/mol. The molecule has 0 heterocycles. The topological polar surface area (TPSA) is 157 Å². The number of carboxylic acid groups (broad SMARTS) is 1. The summed E-state index contributed by atoms with van der Waals surface area (Å²) in [6, 6.07) is 0. The van der Waals surface area contributed by atoms with Gasteiger partial charge in [-0.25, -0.2) is 4.79 Å². The van der Waals surface area contributed by atoms with Crippen LogP contribution < -0.4 is 0 Å². The average molecular weight is 555 g/mol. The Kier molecular flexibility index (Phi) is 11.4. The highest BCUT2D eigenvalue weighted by Gasteiger charge is 2.70. The number of unbranched alkanes of at least 4 members (excludes halogenated alkanes) is 1. The molecule has 6 unspecified atom stereocenters. The summed E-state index contributed by atoms with van der Waals surface area (Å²) in [5, 5.41) is 34.2. The number of hydrogen-bond acceptors (Lipinski definition) is 9. The molecule has 3 N–H and O–H groups in total. The maximum Gasteiger partial charge on any atom is 0.337 e. The van der Waals surface area contributed by atoms with Crippen molar-refractivity contribution in [2.24, 2.45) is 47.3 Å². The fourth-order valence-corrected chi connectivity index (χ4v) is 5.75. The smallest absolute Gasteiger partial charge is 0.337 e. The van der Waals surface area contributed by atoms with E-state index >= 15 is 0 Å². The molecule has 6 atom stereocenters. The van der Waals surface area contributed by atoms with Gasteiger partial charge in [-0.15, -0.1) is 0 Å². The summed E-state index contributed by atoms with van der Waals surface area (Å²) in [5.41, 5.74) is -2.95. The number of fused-ring (bicyclic) bond motifs is 2. The predicted molar refractivity (Wildman–Crippen MR) is 141 cm³/mol. The maximum absolute atomic E-state index is 13.6. The van der Waals surface area contributed by atoms with Crippen molar-refractivity contribution < 1.29 is 48.7 Å². The van der Waals surface area contributed by atoms with Crippen molar-refractivity contribution >= 4 is 23.9 Å². The highest BCUT2D eigenvalue weighted by atomic mass is 16.5. The molecule has 0 radical (unpaired) electrons. The molecule has 2 aliphatic rings. The number of esters is 3. The highest BCUT2D eigenvalue weighted by molar-refractivity contribution is 5.95. The van der Waals surface area contributed by atoms with Crippen molar-refractivity contribution in [1.29, 1.82) is 0 Å². The lowest BCUT2D eigenvalue weighted by molar-refractivity contribution is -0.215. The summed E-state index contributed by atoms with van der Waals surface area (Å²) in [6.07, 6.45) is 1.86. The van der Waals surface area contributed by atoms with Gasteiger partial charge < -0.3 is 29.5 Å². The molecule has 0 amide bonds. The van der Waals surface area contributed by atoms with Crippen LogP contribution in [-0.4, -0.2) is 64.6 Å². The number of ether oxygens (including phenoxy) is 3. The number of hydrogen-bond donors (Lipinski definition) is 3. The minimum Gasteiger partial charge on any atom is -0.511 e. The molecule has 2 aliphatic carbocycles. The van der Waals surface area contributed by atoms with Crippen molar-refractivity contribution in [2.45, 2.75) is 79.8 Å². The Hall–Kier alpha value is -2.62. The summed E-state index contributed by atoms with van der Waals surface area (Å²) >= 11 is 0. The van der Waals surface area contributed by atoms with Gasteiger partial charge >= 0.3 is 23.9 Å². The number of aliphatic hydroxyl groups is 2. The van der Waals surface area contributed by atoms with E-state index in [1.807, 2.05) is 34.6 Å². The van der Waals surface area contributed by atoms with Crippen LogP contribution in [0.25, 0.3) is 0 Å². The zero-order valence-electron chi connectivity index (χ0n) is 24.3. The molecule has 1 fully saturated rings. The largest absolute Gasteiger partial charge is 0.511 e. The second-order valence-electron chi connectivity index (χ2n) is 12.2. The van der Waals surface area contributed by atoms with Gasteiger partial charge in [0.05, 0.1) is 37.2 Å². The Bertz CT molecular complexity index is 936. The molecule has 0 aromatic carbocycles. The van der Waals surface area contributed by atoms with E-state index in [4.69, 9.17) is 14.2 Å². The molecule has 0 aromatic rings. The Morgan fingerprint density at radius 1 is 0.872 bits per heavy atom. The van der Waals surface area contributed by atoms with Crippen molar-refractivity contribution in [2.75, 3.05) is 19.8 Å². The van der Waals surface area contributed by atoms with Gasteiger partial charge in [0.1, 0.15) is 17.3 Å². The van der Waals surface area contributed by atoms with Crippen LogP contribution in [0, 0.1) is 47.3 Å². The third-order valence-corrected chi connectivity index (χ3v) is 7.38. The van der Waals surface area contributed by atoms with E-state index in [0.29, 0.717) is 12.8 Å². The molecule has 39 heavy (non-hydrogen) atoms. The van der Waals surface area contributed by atoms with Crippen molar-refractivity contribution in [3.8, 4) is 0 Å². The zero-order valence-corrected chi connectivity index (χ0v) is 24.3. The maximum atomic E-state index is 13.6. The minimum absolute atomic E-state index is 0.0101. The quantitative estimate of drug-likeness (QED) is 0.225. The monoisotopic (exact) mass is 554 g/mol. The first kappa shape index (κ1) is 32.6. The van der Waals surface area contributed by atoms with Crippen LogP contribution in [0.1, 0.15) is 74.1 Å². The lowest BCUT2D eigenvalue weighted by Gasteiger charge is -2.55. The van der Waals surface area contributed by atoms with Crippen LogP contribution in [0.4, 0.5) is 0 Å². The van der Waals surface area contributed by atoms with Gasteiger partial charge in [-0.05, 0) is 36.5 Å². The fourth-order valence-electron chi connectivity index (χ4n) is 5.75. The van der Waals surface area contributed by atoms with Gasteiger partial charge in [-0.2, -0.15) is 0 Å². The van der Waals surface area contributed by atoms with Gasteiger partial charge in [0, 0.05) is 5.92 Å². The summed E-state index contributed by atoms with van der Waals surface area (Å²) in [5.74, 6) is -12.4. The minimum atomic E-state index is -2.60. The number of carbonyl (C=O) groups excluding carboxylic acids is 3. The third-order valence-electron chi connectivity index (χ3n) is 7.38. The normalized spacial score (nSPS) is 28.5. The van der Waals surface area contributed by atoms with Gasteiger partial charge in [0.15, 0.2) is 0 Å². The fraction of sp³-hybridized carbons (Fsp3) is 0.793. The average Bonchev–Trinajstić information content (AvgIpc) is 2.82. The first-order valence-electron chi connectivity index (χ1n) is 14.1. The Labute approximate surface area is 231 Å². The molecule has 10 nitrogen and oxygen atoms in total. The van der Waals surface area contributed by atoms with Crippen molar-refractivity contribution in [1.82, 2.24) is 0 Å². The Morgan fingerprint density at radius 3 is 1.87 bits per heavy atom. The van der Waals surface area contributed by atoms with Gasteiger partial charge in [0.2, 0.25) is 0 Å². The number of aliphatic hydroxyl groups excluding tert-OH is 1. The van der Waals surface area contributed by atoms with Crippen LogP contribution in [0.5, 0.6) is 0 Å². The van der Waals surface area contributed by atoms with E-state index in [9.17, 15) is 34.5 Å². The van der Waals surface area contributed by atoms with Crippen LogP contribution in [0.15, 0.2) is 11.3 Å². The lowest BCUT2D eigenvalue weighted by atomic mass is 9.49. The molecule has 1 saturated carbocycles. The number of carboxylic acids is 1. The first-order valence-corrected chi connectivity index (χ1v) is 14.1. The summed E-state index contributed by atoms with van der Waals surface area (Å²) in [4.78, 5) is 53.1. The predicted octanol–water partition coefficient (Wildman–Crippen LogP) is 3.90. The van der Waals surface area contributed by atoms with E-state index in [2.05, 4.69) is 0 Å². The van der Waals surface area contributed by atoms with E-state index in [1.165, 1.54) is 0 Å². The molecule has 2 bridgehead atoms. The van der Waals surface area contributed by atoms with E-state index in [0.717, 1.165) is 6.42 Å². The molecule has 2 rings (SSSR count). The molecule has 10 heteroatoms. The van der Waals surface area contributed by atoms with E-state index in [1.54, 1.807) is 13.8 Å². The van der Waals surface area contributed by atoms with Crippen LogP contribution in [0.3, 0.4) is 0 Å². The van der Waals surface area contributed by atoms with Gasteiger partial charge in [0.25, 0.3) is 0 Å². The van der Waals surface area contributed by atoms with E-state index in [-0.39, 0.29) is 49.6 Å². The van der Waals surface area contributed by atoms with Crippen molar-refractivity contribution in [3.05, 3.63) is 11.3 Å². The second kappa shape index (κ2) is 13.6. The standard InChI is InChI=1S/C29H46O10/c1-8-9-10-18-11-19-20(26(33)37-12-15(2)3)24(30)23(28(35)39-14-17(6)7)29(36,22(19)25(31)32)21(18)27(34)38-13-16(4)5/h15-19,21-23,30,36H,8-14H2,1-7H3,(H,31,32).